The Morgan fingerprint density at radius 3 is 2.89 bits per heavy atom. The molecule has 0 aliphatic carbocycles. The van der Waals surface area contributed by atoms with Gasteiger partial charge in [-0.15, -0.1) is 0 Å². The molecule has 0 bridgehead atoms. The average Bonchev–Trinajstić information content (AvgIpc) is 3.28. The summed E-state index contributed by atoms with van der Waals surface area (Å²) in [5.74, 6) is 1.55. The highest BCUT2D eigenvalue weighted by atomic mass is 16.3. The van der Waals surface area contributed by atoms with Gasteiger partial charge in [-0.05, 0) is 12.1 Å². The third-order valence-corrected chi connectivity index (χ3v) is 4.63. The number of hydrogen-bond acceptors (Lipinski definition) is 4. The quantitative estimate of drug-likeness (QED) is 0.563. The van der Waals surface area contributed by atoms with Crippen LogP contribution in [0.4, 0.5) is 5.69 Å². The highest BCUT2D eigenvalue weighted by Gasteiger charge is 2.27. The Kier molecular flexibility index (Phi) is 4.53. The van der Waals surface area contributed by atoms with Gasteiger partial charge in [0.15, 0.2) is 5.96 Å². The van der Waals surface area contributed by atoms with E-state index in [0.29, 0.717) is 25.6 Å². The molecule has 0 radical (unpaired) electrons. The molecule has 1 aliphatic rings. The number of hydrogen-bond donors (Lipinski definition) is 1. The zero-order chi connectivity index (χ0) is 18.8. The monoisotopic (exact) mass is 366 g/mol. The van der Waals surface area contributed by atoms with Crippen LogP contribution in [-0.2, 0) is 18.4 Å². The van der Waals surface area contributed by atoms with Crippen molar-refractivity contribution in [3.63, 3.8) is 0 Å². The Morgan fingerprint density at radius 2 is 2.19 bits per heavy atom. The Hall–Kier alpha value is -3.29. The van der Waals surface area contributed by atoms with Crippen LogP contribution in [0.5, 0.6) is 0 Å². The van der Waals surface area contributed by atoms with E-state index in [2.05, 4.69) is 15.4 Å². The number of carbonyl (C=O) groups is 1. The second kappa shape index (κ2) is 7.14. The summed E-state index contributed by atoms with van der Waals surface area (Å²) < 4.78 is 7.53. The number of anilines is 1. The molecule has 0 saturated carbocycles. The molecule has 3 heterocycles. The standard InChI is InChI=1S/C19H22N6O2/c1-20-19(21-11-16-9-14-5-3-4-6-17(14)27-16)24-7-8-25(18(26)13-24)15-10-22-23(2)12-15/h3-6,9-10,12H,7-8,11,13H2,1-2H3,(H,20,21). The van der Waals surface area contributed by atoms with Crippen molar-refractivity contribution in [1.29, 1.82) is 0 Å². The molecule has 0 unspecified atom stereocenters. The van der Waals surface area contributed by atoms with Crippen molar-refractivity contribution in [2.24, 2.45) is 12.0 Å². The van der Waals surface area contributed by atoms with Crippen LogP contribution in [0, 0.1) is 0 Å². The maximum absolute atomic E-state index is 12.6. The number of benzene rings is 1. The fourth-order valence-corrected chi connectivity index (χ4v) is 3.30. The molecule has 0 atom stereocenters. The number of furan rings is 1. The smallest absolute Gasteiger partial charge is 0.246 e. The van der Waals surface area contributed by atoms with Crippen LogP contribution in [0.3, 0.4) is 0 Å². The van der Waals surface area contributed by atoms with E-state index >= 15 is 0 Å². The molecular formula is C19H22N6O2. The van der Waals surface area contributed by atoms with Gasteiger partial charge in [-0.3, -0.25) is 14.5 Å². The first-order valence-electron chi connectivity index (χ1n) is 8.86. The Bertz CT molecular complexity index is 956. The van der Waals surface area contributed by atoms with Crippen molar-refractivity contribution < 1.29 is 9.21 Å². The number of fused-ring (bicyclic) bond motifs is 1. The average molecular weight is 366 g/mol. The number of carbonyl (C=O) groups excluding carboxylic acids is 1. The van der Waals surface area contributed by atoms with E-state index in [-0.39, 0.29) is 12.5 Å². The molecule has 4 rings (SSSR count). The lowest BCUT2D eigenvalue weighted by atomic mass is 10.2. The maximum atomic E-state index is 12.6. The molecule has 1 fully saturated rings. The molecule has 1 saturated heterocycles. The van der Waals surface area contributed by atoms with Crippen LogP contribution in [0.25, 0.3) is 11.0 Å². The number of para-hydroxylation sites is 1. The van der Waals surface area contributed by atoms with Crippen molar-refractivity contribution in [2.45, 2.75) is 6.54 Å². The third kappa shape index (κ3) is 3.51. The minimum Gasteiger partial charge on any atom is -0.459 e. The highest BCUT2D eigenvalue weighted by molar-refractivity contribution is 5.98. The largest absolute Gasteiger partial charge is 0.459 e. The number of aromatic nitrogens is 2. The second-order valence-corrected chi connectivity index (χ2v) is 6.49. The normalized spacial score (nSPS) is 15.6. The molecule has 1 N–H and O–H groups in total. The summed E-state index contributed by atoms with van der Waals surface area (Å²) in [5.41, 5.74) is 1.69. The van der Waals surface area contributed by atoms with Gasteiger partial charge in [-0.1, -0.05) is 18.2 Å². The van der Waals surface area contributed by atoms with Crippen molar-refractivity contribution in [2.75, 3.05) is 31.6 Å². The zero-order valence-corrected chi connectivity index (χ0v) is 15.4. The van der Waals surface area contributed by atoms with Gasteiger partial charge < -0.3 is 19.5 Å². The minimum absolute atomic E-state index is 0.0286. The molecule has 27 heavy (non-hydrogen) atoms. The molecule has 1 amide bonds. The van der Waals surface area contributed by atoms with Gasteiger partial charge >= 0.3 is 0 Å². The lowest BCUT2D eigenvalue weighted by molar-refractivity contribution is -0.120. The van der Waals surface area contributed by atoms with Crippen LogP contribution in [0.15, 0.2) is 52.1 Å². The van der Waals surface area contributed by atoms with E-state index in [0.717, 1.165) is 22.4 Å². The van der Waals surface area contributed by atoms with E-state index in [1.165, 1.54) is 0 Å². The molecule has 8 heteroatoms. The summed E-state index contributed by atoms with van der Waals surface area (Å²) >= 11 is 0. The summed E-state index contributed by atoms with van der Waals surface area (Å²) in [6.07, 6.45) is 3.56. The second-order valence-electron chi connectivity index (χ2n) is 6.49. The molecule has 1 aliphatic heterocycles. The van der Waals surface area contributed by atoms with Crippen molar-refractivity contribution in [1.82, 2.24) is 20.0 Å². The van der Waals surface area contributed by atoms with Gasteiger partial charge in [0.25, 0.3) is 0 Å². The van der Waals surface area contributed by atoms with Gasteiger partial charge in [0, 0.05) is 38.8 Å². The molecule has 8 nitrogen and oxygen atoms in total. The third-order valence-electron chi connectivity index (χ3n) is 4.63. The first kappa shape index (κ1) is 17.1. The van der Waals surface area contributed by atoms with Gasteiger partial charge in [-0.2, -0.15) is 5.10 Å². The predicted molar refractivity (Wildman–Crippen MR) is 104 cm³/mol. The fourth-order valence-electron chi connectivity index (χ4n) is 3.30. The fraction of sp³-hybridized carbons (Fsp3) is 0.316. The minimum atomic E-state index is 0.0286. The van der Waals surface area contributed by atoms with E-state index in [9.17, 15) is 4.79 Å². The van der Waals surface area contributed by atoms with Crippen LogP contribution in [-0.4, -0.2) is 53.2 Å². The number of rotatable bonds is 3. The molecule has 3 aromatic rings. The van der Waals surface area contributed by atoms with E-state index in [1.54, 1.807) is 22.8 Å². The number of amides is 1. The number of guanidine groups is 1. The number of nitrogens with zero attached hydrogens (tertiary/aromatic N) is 5. The van der Waals surface area contributed by atoms with Gasteiger partial charge in [0.1, 0.15) is 17.9 Å². The van der Waals surface area contributed by atoms with Crippen LogP contribution < -0.4 is 10.2 Å². The van der Waals surface area contributed by atoms with Gasteiger partial charge in [0.05, 0.1) is 18.4 Å². The Labute approximate surface area is 157 Å². The first-order chi connectivity index (χ1) is 13.1. The summed E-state index contributed by atoms with van der Waals surface area (Å²) in [5, 5.41) is 8.50. The zero-order valence-electron chi connectivity index (χ0n) is 15.4. The number of piperazine rings is 1. The molecule has 0 spiro atoms. The predicted octanol–water partition coefficient (Wildman–Crippen LogP) is 1.59. The Balaban J connectivity index is 1.39. The summed E-state index contributed by atoms with van der Waals surface area (Å²) in [4.78, 5) is 20.6. The lowest BCUT2D eigenvalue weighted by Gasteiger charge is -2.35. The number of aryl methyl sites for hydroxylation is 1. The first-order valence-corrected chi connectivity index (χ1v) is 8.86. The van der Waals surface area contributed by atoms with Crippen LogP contribution in [0.1, 0.15) is 5.76 Å². The molecule has 140 valence electrons. The number of aliphatic imine (C=N–C) groups is 1. The van der Waals surface area contributed by atoms with Crippen molar-refractivity contribution >= 4 is 28.5 Å². The SMILES string of the molecule is CN=C(NCc1cc2ccccc2o1)N1CCN(c2cnn(C)c2)C(=O)C1. The van der Waals surface area contributed by atoms with Gasteiger partial charge in [0.2, 0.25) is 5.91 Å². The summed E-state index contributed by atoms with van der Waals surface area (Å²) in [7, 11) is 3.56. The van der Waals surface area contributed by atoms with E-state index < -0.39 is 0 Å². The van der Waals surface area contributed by atoms with Crippen molar-refractivity contribution in [3.05, 3.63) is 48.5 Å². The number of nitrogens with one attached hydrogen (secondary N) is 1. The van der Waals surface area contributed by atoms with Gasteiger partial charge in [-0.25, -0.2) is 0 Å². The highest BCUT2D eigenvalue weighted by Crippen LogP contribution is 2.19. The molecular weight excluding hydrogens is 344 g/mol. The van der Waals surface area contributed by atoms with Crippen LogP contribution in [0.2, 0.25) is 0 Å². The van der Waals surface area contributed by atoms with Crippen LogP contribution >= 0.6 is 0 Å². The Morgan fingerprint density at radius 1 is 1.33 bits per heavy atom. The summed E-state index contributed by atoms with van der Waals surface area (Å²) in [6, 6.07) is 9.93. The van der Waals surface area contributed by atoms with E-state index in [1.807, 2.05) is 48.5 Å². The van der Waals surface area contributed by atoms with Crippen molar-refractivity contribution in [3.8, 4) is 0 Å². The molecule has 2 aromatic heterocycles. The topological polar surface area (TPSA) is 78.9 Å². The van der Waals surface area contributed by atoms with E-state index in [4.69, 9.17) is 4.42 Å². The summed E-state index contributed by atoms with van der Waals surface area (Å²) in [6.45, 7) is 2.07. The maximum Gasteiger partial charge on any atom is 0.246 e. The lowest BCUT2D eigenvalue weighted by Crippen LogP contribution is -2.55. The molecule has 1 aromatic carbocycles.